The molecule has 0 atom stereocenters. The summed E-state index contributed by atoms with van der Waals surface area (Å²) in [6.45, 7) is 0. The topological polar surface area (TPSA) is 98.8 Å². The number of unbranched alkanes of at least 4 members (excludes halogenated alkanes) is 2. The van der Waals surface area contributed by atoms with Crippen LogP contribution in [0.25, 0.3) is 0 Å². The molecule has 0 spiro atoms. The van der Waals surface area contributed by atoms with Crippen molar-refractivity contribution in [3.8, 4) is 0 Å². The summed E-state index contributed by atoms with van der Waals surface area (Å²) < 4.78 is 36.7. The van der Waals surface area contributed by atoms with E-state index in [2.05, 4.69) is 0 Å². The molecule has 0 aliphatic rings. The van der Waals surface area contributed by atoms with Gasteiger partial charge < -0.3 is 31.3 Å². The van der Waals surface area contributed by atoms with Crippen LogP contribution < -0.4 is 0 Å². The van der Waals surface area contributed by atoms with Crippen molar-refractivity contribution in [3.05, 3.63) is 0 Å². The van der Waals surface area contributed by atoms with Gasteiger partial charge in [-0.3, -0.25) is 9.59 Å². The van der Waals surface area contributed by atoms with Crippen LogP contribution in [0, 0.1) is 0 Å². The molecule has 0 bridgehead atoms. The first-order valence-electron chi connectivity index (χ1n) is 8.90. The lowest BCUT2D eigenvalue weighted by molar-refractivity contribution is -0.159. The molecule has 0 aromatic heterocycles. The van der Waals surface area contributed by atoms with Gasteiger partial charge in [0.05, 0.1) is 0 Å². The number of carbonyl (C=O) groups is 2. The monoisotopic (exact) mass is 426 g/mol. The molecule has 0 fully saturated rings. The van der Waals surface area contributed by atoms with Crippen molar-refractivity contribution in [1.29, 1.82) is 0 Å². The van der Waals surface area contributed by atoms with Gasteiger partial charge >= 0.3 is 29.5 Å². The predicted molar refractivity (Wildman–Crippen MR) is 102 cm³/mol. The maximum Gasteiger partial charge on any atom is 0.500 e. The molecule has 160 valence electrons. The van der Waals surface area contributed by atoms with Crippen molar-refractivity contribution in [3.63, 3.8) is 0 Å². The van der Waals surface area contributed by atoms with Gasteiger partial charge in [0, 0.05) is 67.6 Å². The van der Waals surface area contributed by atoms with E-state index in [0.29, 0.717) is 37.8 Å². The summed E-state index contributed by atoms with van der Waals surface area (Å²) in [6.07, 6.45) is 2.84. The summed E-state index contributed by atoms with van der Waals surface area (Å²) in [7, 11) is 4.05. The molecule has 0 heterocycles. The Labute approximate surface area is 164 Å². The van der Waals surface area contributed by atoms with Crippen molar-refractivity contribution in [2.45, 2.75) is 50.6 Å². The number of carbonyl (C=O) groups excluding carboxylic acids is 2. The van der Waals surface area contributed by atoms with E-state index >= 15 is 0 Å². The number of hydrogen-bond acceptors (Lipinski definition) is 9. The molecule has 0 saturated heterocycles. The molecule has 0 aliphatic carbocycles. The lowest BCUT2D eigenvalue weighted by Gasteiger charge is -2.24. The van der Waals surface area contributed by atoms with E-state index in [1.165, 1.54) is 0 Å². The van der Waals surface area contributed by atoms with Gasteiger partial charge in [0.25, 0.3) is 0 Å². The van der Waals surface area contributed by atoms with E-state index in [1.54, 1.807) is 42.7 Å². The molecular formula is C16H34O9Si2. The van der Waals surface area contributed by atoms with Gasteiger partial charge in [-0.15, -0.1) is 0 Å². The van der Waals surface area contributed by atoms with Crippen molar-refractivity contribution < 1.29 is 40.9 Å². The Balaban J connectivity index is 3.98. The Bertz CT molecular complexity index is 372. The largest absolute Gasteiger partial charge is 0.500 e. The maximum atomic E-state index is 11.7. The normalized spacial score (nSPS) is 12.2. The molecule has 9 nitrogen and oxygen atoms in total. The fraction of sp³-hybridized carbons (Fsp3) is 0.875. The second-order valence-corrected chi connectivity index (χ2v) is 12.0. The molecule has 0 rings (SSSR count). The van der Waals surface area contributed by atoms with E-state index in [1.807, 2.05) is 0 Å². The minimum Gasteiger partial charge on any atom is -0.393 e. The zero-order valence-corrected chi connectivity index (χ0v) is 19.3. The highest BCUT2D eigenvalue weighted by atomic mass is 28.4. The summed E-state index contributed by atoms with van der Waals surface area (Å²) in [5.74, 6) is -1.04. The zero-order valence-electron chi connectivity index (χ0n) is 17.3. The third-order valence-electron chi connectivity index (χ3n) is 4.32. The van der Waals surface area contributed by atoms with Gasteiger partial charge in [-0.25, -0.2) is 0 Å². The van der Waals surface area contributed by atoms with Gasteiger partial charge in [0.15, 0.2) is 0 Å². The first-order valence-corrected chi connectivity index (χ1v) is 12.8. The van der Waals surface area contributed by atoms with Crippen molar-refractivity contribution >= 4 is 29.5 Å². The molecule has 27 heavy (non-hydrogen) atoms. The second-order valence-electron chi connectivity index (χ2n) is 5.85. The average Bonchev–Trinajstić information content (AvgIpc) is 2.69. The smallest absolute Gasteiger partial charge is 0.393 e. The summed E-state index contributed by atoms with van der Waals surface area (Å²) >= 11 is 0. The number of ether oxygens (including phenoxy) is 1. The van der Waals surface area contributed by atoms with Crippen LogP contribution in [0.1, 0.15) is 38.5 Å². The van der Waals surface area contributed by atoms with Crippen LogP contribution in [0.5, 0.6) is 0 Å². The van der Waals surface area contributed by atoms with Crippen LogP contribution in [-0.2, 0) is 40.9 Å². The molecule has 0 aliphatic heterocycles. The number of esters is 2. The van der Waals surface area contributed by atoms with Gasteiger partial charge in [0.1, 0.15) is 0 Å². The lowest BCUT2D eigenvalue weighted by Crippen LogP contribution is -2.42. The molecule has 0 amide bonds. The van der Waals surface area contributed by atoms with Gasteiger partial charge in [-0.1, -0.05) is 0 Å². The fourth-order valence-electron chi connectivity index (χ4n) is 2.56. The van der Waals surface area contributed by atoms with Crippen LogP contribution in [0.3, 0.4) is 0 Å². The van der Waals surface area contributed by atoms with Gasteiger partial charge in [-0.05, 0) is 25.7 Å². The first kappa shape index (κ1) is 26.3. The SMILES string of the molecule is CO[Si](CCCCC(=O)OC(=O)CCCC[Si](OC)(OC)OC)(OC)OC. The molecule has 0 radical (unpaired) electrons. The van der Waals surface area contributed by atoms with Crippen LogP contribution >= 0.6 is 0 Å². The molecular weight excluding hydrogens is 392 g/mol. The molecule has 0 N–H and O–H groups in total. The Kier molecular flexibility index (Phi) is 14.0. The minimum atomic E-state index is -2.61. The molecule has 0 unspecified atom stereocenters. The Hall–Kier alpha value is -0.666. The van der Waals surface area contributed by atoms with Crippen molar-refractivity contribution in [2.24, 2.45) is 0 Å². The summed E-state index contributed by atoms with van der Waals surface area (Å²) in [6, 6.07) is 1.20. The zero-order chi connectivity index (χ0) is 20.8. The summed E-state index contributed by atoms with van der Waals surface area (Å²) in [4.78, 5) is 23.5. The molecule has 11 heteroatoms. The third kappa shape index (κ3) is 9.90. The Morgan fingerprint density at radius 3 is 1.11 bits per heavy atom. The van der Waals surface area contributed by atoms with Gasteiger partial charge in [0.2, 0.25) is 0 Å². The van der Waals surface area contributed by atoms with Crippen LogP contribution in [0.15, 0.2) is 0 Å². The van der Waals surface area contributed by atoms with E-state index in [0.717, 1.165) is 0 Å². The van der Waals surface area contributed by atoms with E-state index < -0.39 is 29.5 Å². The lowest BCUT2D eigenvalue weighted by atomic mass is 10.2. The van der Waals surface area contributed by atoms with E-state index in [4.69, 9.17) is 31.3 Å². The van der Waals surface area contributed by atoms with Crippen LogP contribution in [0.4, 0.5) is 0 Å². The van der Waals surface area contributed by atoms with Crippen LogP contribution in [0.2, 0.25) is 12.1 Å². The van der Waals surface area contributed by atoms with E-state index in [-0.39, 0.29) is 12.8 Å². The number of rotatable bonds is 16. The van der Waals surface area contributed by atoms with Crippen molar-refractivity contribution in [2.75, 3.05) is 42.7 Å². The second kappa shape index (κ2) is 14.3. The first-order chi connectivity index (χ1) is 12.9. The highest BCUT2D eigenvalue weighted by Gasteiger charge is 2.37. The fourth-order valence-corrected chi connectivity index (χ4v) is 6.15. The standard InChI is InChI=1S/C16H34O9Si2/c1-19-26(20-2,21-3)13-9-7-11-15(17)25-16(18)12-8-10-14-27(22-4,23-5)24-6/h7-14H2,1-6H3. The average molecular weight is 427 g/mol. The molecule has 0 aromatic carbocycles. The van der Waals surface area contributed by atoms with Crippen molar-refractivity contribution in [1.82, 2.24) is 0 Å². The minimum absolute atomic E-state index is 0.167. The Morgan fingerprint density at radius 2 is 0.852 bits per heavy atom. The summed E-state index contributed by atoms with van der Waals surface area (Å²) in [5.41, 5.74) is 0. The highest BCUT2D eigenvalue weighted by molar-refractivity contribution is 6.60. The highest BCUT2D eigenvalue weighted by Crippen LogP contribution is 2.18. The number of hydrogen-bond donors (Lipinski definition) is 0. The maximum absolute atomic E-state index is 11.7. The van der Waals surface area contributed by atoms with Crippen LogP contribution in [-0.4, -0.2) is 72.2 Å². The Morgan fingerprint density at radius 1 is 0.556 bits per heavy atom. The summed E-state index contributed by atoms with van der Waals surface area (Å²) in [5, 5.41) is 0. The predicted octanol–water partition coefficient (Wildman–Crippen LogP) is 2.15. The van der Waals surface area contributed by atoms with Gasteiger partial charge in [-0.2, -0.15) is 0 Å². The third-order valence-corrected chi connectivity index (χ3v) is 9.99. The quantitative estimate of drug-likeness (QED) is 0.159. The van der Waals surface area contributed by atoms with E-state index in [9.17, 15) is 9.59 Å². The molecule has 0 saturated carbocycles. The molecule has 0 aromatic rings.